The predicted octanol–water partition coefficient (Wildman–Crippen LogP) is 1.93. The van der Waals surface area contributed by atoms with Crippen LogP contribution in [0.15, 0.2) is 12.1 Å². The molecule has 2 rings (SSSR count). The molecule has 0 aromatic heterocycles. The van der Waals surface area contributed by atoms with Gasteiger partial charge in [0.05, 0.1) is 33.7 Å². The zero-order valence-corrected chi connectivity index (χ0v) is 14.1. The summed E-state index contributed by atoms with van der Waals surface area (Å²) in [5.41, 5.74) is 0.895. The van der Waals surface area contributed by atoms with Crippen LogP contribution in [-0.2, 0) is 9.53 Å². The van der Waals surface area contributed by atoms with Crippen molar-refractivity contribution in [1.82, 2.24) is 4.90 Å². The average molecular weight is 327 g/mol. The number of hydrogen-bond donors (Lipinski definition) is 0. The van der Waals surface area contributed by atoms with Gasteiger partial charge < -0.3 is 23.8 Å². The maximum Gasteiger partial charge on any atom is 0.233 e. The first-order valence-corrected chi connectivity index (χ1v) is 7.91. The smallest absolute Gasteiger partial charge is 0.233 e. The van der Waals surface area contributed by atoms with Crippen LogP contribution in [0.3, 0.4) is 0 Å². The van der Waals surface area contributed by atoms with Crippen LogP contribution >= 0.6 is 11.8 Å². The van der Waals surface area contributed by atoms with E-state index in [2.05, 4.69) is 0 Å². The molecule has 1 aliphatic rings. The molecule has 0 spiro atoms. The van der Waals surface area contributed by atoms with Gasteiger partial charge in [0.15, 0.2) is 11.5 Å². The molecule has 0 radical (unpaired) electrons. The Bertz CT molecular complexity index is 537. The van der Waals surface area contributed by atoms with Gasteiger partial charge in [0, 0.05) is 25.3 Å². The fraction of sp³-hybridized carbons (Fsp3) is 0.533. The minimum absolute atomic E-state index is 0.101. The number of thioether (sulfide) groups is 1. The van der Waals surface area contributed by atoms with Gasteiger partial charge in [-0.05, 0) is 6.07 Å². The van der Waals surface area contributed by atoms with Crippen molar-refractivity contribution in [2.24, 2.45) is 0 Å². The van der Waals surface area contributed by atoms with Crippen molar-refractivity contribution in [2.75, 3.05) is 47.3 Å². The molecule has 1 saturated heterocycles. The monoisotopic (exact) mass is 327 g/mol. The molecule has 0 bridgehead atoms. The molecule has 22 heavy (non-hydrogen) atoms. The van der Waals surface area contributed by atoms with Crippen LogP contribution in [0.5, 0.6) is 17.2 Å². The van der Waals surface area contributed by atoms with E-state index < -0.39 is 0 Å². The van der Waals surface area contributed by atoms with Crippen LogP contribution in [0, 0.1) is 0 Å². The SMILES string of the molecule is COCCN1C(=O)CSC1c1cc(OC)c(OC)cc1OC. The molecule has 1 aromatic rings. The average Bonchev–Trinajstić information content (AvgIpc) is 2.92. The lowest BCUT2D eigenvalue weighted by Gasteiger charge is -2.26. The van der Waals surface area contributed by atoms with E-state index in [-0.39, 0.29) is 11.3 Å². The second kappa shape index (κ2) is 7.60. The van der Waals surface area contributed by atoms with E-state index in [9.17, 15) is 4.79 Å². The molecule has 7 heteroatoms. The van der Waals surface area contributed by atoms with Crippen LogP contribution < -0.4 is 14.2 Å². The molecular weight excluding hydrogens is 306 g/mol. The number of methoxy groups -OCH3 is 4. The maximum atomic E-state index is 12.1. The highest BCUT2D eigenvalue weighted by atomic mass is 32.2. The molecular formula is C15H21NO5S. The summed E-state index contributed by atoms with van der Waals surface area (Å²) in [5.74, 6) is 2.44. The quantitative estimate of drug-likeness (QED) is 0.763. The second-order valence-electron chi connectivity index (χ2n) is 4.69. The molecule has 6 nitrogen and oxygen atoms in total. The molecule has 0 saturated carbocycles. The largest absolute Gasteiger partial charge is 0.496 e. The van der Waals surface area contributed by atoms with E-state index >= 15 is 0 Å². The number of hydrogen-bond acceptors (Lipinski definition) is 6. The third kappa shape index (κ3) is 3.25. The summed E-state index contributed by atoms with van der Waals surface area (Å²) in [6.45, 7) is 1.04. The van der Waals surface area contributed by atoms with Gasteiger partial charge in [-0.1, -0.05) is 0 Å². The third-order valence-electron chi connectivity index (χ3n) is 3.51. The normalized spacial score (nSPS) is 17.7. The standard InChI is InChI=1S/C15H21NO5S/c1-18-6-5-16-14(17)9-22-15(16)10-7-12(20-3)13(21-4)8-11(10)19-2/h7-8,15H,5-6,9H2,1-4H3. The Balaban J connectivity index is 2.39. The Morgan fingerprint density at radius 2 is 1.73 bits per heavy atom. The van der Waals surface area contributed by atoms with E-state index in [0.717, 1.165) is 5.56 Å². The number of ether oxygens (including phenoxy) is 4. The van der Waals surface area contributed by atoms with Crippen LogP contribution in [0.4, 0.5) is 0 Å². The first-order chi connectivity index (χ1) is 10.7. The maximum absolute atomic E-state index is 12.1. The summed E-state index contributed by atoms with van der Waals surface area (Å²) in [7, 11) is 6.39. The summed E-state index contributed by atoms with van der Waals surface area (Å²) in [6, 6.07) is 3.65. The van der Waals surface area contributed by atoms with Gasteiger partial charge in [-0.25, -0.2) is 0 Å². The molecule has 122 valence electrons. The predicted molar refractivity (Wildman–Crippen MR) is 84.9 cm³/mol. The van der Waals surface area contributed by atoms with Crippen LogP contribution in [0.2, 0.25) is 0 Å². The van der Waals surface area contributed by atoms with E-state index in [0.29, 0.717) is 36.2 Å². The molecule has 1 unspecified atom stereocenters. The van der Waals surface area contributed by atoms with Crippen molar-refractivity contribution in [3.63, 3.8) is 0 Å². The van der Waals surface area contributed by atoms with Crippen molar-refractivity contribution >= 4 is 17.7 Å². The molecule has 1 fully saturated rings. The van der Waals surface area contributed by atoms with Gasteiger partial charge in [0.25, 0.3) is 0 Å². The second-order valence-corrected chi connectivity index (χ2v) is 5.76. The summed E-state index contributed by atoms with van der Waals surface area (Å²) in [4.78, 5) is 13.9. The summed E-state index contributed by atoms with van der Waals surface area (Å²) >= 11 is 1.57. The minimum atomic E-state index is -0.114. The lowest BCUT2D eigenvalue weighted by atomic mass is 10.1. The minimum Gasteiger partial charge on any atom is -0.496 e. The molecule has 1 aliphatic heterocycles. The highest BCUT2D eigenvalue weighted by molar-refractivity contribution is 8.00. The van der Waals surface area contributed by atoms with Crippen molar-refractivity contribution in [2.45, 2.75) is 5.37 Å². The van der Waals surface area contributed by atoms with Crippen LogP contribution in [0.25, 0.3) is 0 Å². The highest BCUT2D eigenvalue weighted by Gasteiger charge is 2.35. The van der Waals surface area contributed by atoms with E-state index in [1.807, 2.05) is 6.07 Å². The lowest BCUT2D eigenvalue weighted by molar-refractivity contribution is -0.128. The van der Waals surface area contributed by atoms with Crippen molar-refractivity contribution < 1.29 is 23.7 Å². The van der Waals surface area contributed by atoms with Crippen molar-refractivity contribution in [1.29, 1.82) is 0 Å². The van der Waals surface area contributed by atoms with E-state index in [1.54, 1.807) is 51.2 Å². The summed E-state index contributed by atoms with van der Waals surface area (Å²) in [5, 5.41) is -0.114. The molecule has 1 atom stereocenters. The van der Waals surface area contributed by atoms with Gasteiger partial charge >= 0.3 is 0 Å². The summed E-state index contributed by atoms with van der Waals surface area (Å²) in [6.07, 6.45) is 0. The fourth-order valence-corrected chi connectivity index (χ4v) is 3.62. The zero-order valence-electron chi connectivity index (χ0n) is 13.3. The number of carbonyl (C=O) groups is 1. The molecule has 0 N–H and O–H groups in total. The van der Waals surface area contributed by atoms with Crippen molar-refractivity contribution in [3.8, 4) is 17.2 Å². The Hall–Kier alpha value is -1.60. The molecule has 0 aliphatic carbocycles. The molecule has 1 heterocycles. The topological polar surface area (TPSA) is 57.2 Å². The molecule has 1 amide bonds. The van der Waals surface area contributed by atoms with Gasteiger partial charge in [-0.2, -0.15) is 0 Å². The Morgan fingerprint density at radius 3 is 2.32 bits per heavy atom. The lowest BCUT2D eigenvalue weighted by Crippen LogP contribution is -2.31. The molecule has 1 aromatic carbocycles. The van der Waals surface area contributed by atoms with Gasteiger partial charge in [-0.15, -0.1) is 11.8 Å². The highest BCUT2D eigenvalue weighted by Crippen LogP contribution is 2.46. The van der Waals surface area contributed by atoms with Crippen LogP contribution in [0.1, 0.15) is 10.9 Å². The number of carbonyl (C=O) groups excluding carboxylic acids is 1. The van der Waals surface area contributed by atoms with Crippen LogP contribution in [-0.4, -0.2) is 58.2 Å². The summed E-state index contributed by atoms with van der Waals surface area (Å²) < 4.78 is 21.2. The Kier molecular flexibility index (Phi) is 5.79. The third-order valence-corrected chi connectivity index (χ3v) is 4.74. The van der Waals surface area contributed by atoms with Gasteiger partial charge in [0.1, 0.15) is 11.1 Å². The van der Waals surface area contributed by atoms with Crippen molar-refractivity contribution in [3.05, 3.63) is 17.7 Å². The van der Waals surface area contributed by atoms with Gasteiger partial charge in [-0.3, -0.25) is 4.79 Å². The number of benzene rings is 1. The number of amides is 1. The Labute approximate surface area is 134 Å². The van der Waals surface area contributed by atoms with E-state index in [1.165, 1.54) is 0 Å². The van der Waals surface area contributed by atoms with E-state index in [4.69, 9.17) is 18.9 Å². The fourth-order valence-electron chi connectivity index (χ4n) is 2.39. The first kappa shape index (κ1) is 16.8. The first-order valence-electron chi connectivity index (χ1n) is 6.86. The Morgan fingerprint density at radius 1 is 1.09 bits per heavy atom. The van der Waals surface area contributed by atoms with Gasteiger partial charge in [0.2, 0.25) is 5.91 Å². The number of rotatable bonds is 7. The number of nitrogens with zero attached hydrogens (tertiary/aromatic N) is 1. The zero-order chi connectivity index (χ0) is 16.1.